The number of carbonyl (C=O) groups is 2. The number of aromatic nitrogens is 1. The van der Waals surface area contributed by atoms with Gasteiger partial charge in [0, 0.05) is 17.9 Å². The Kier molecular flexibility index (Phi) is 7.52. The minimum atomic E-state index is -0.979. The summed E-state index contributed by atoms with van der Waals surface area (Å²) >= 11 is 0. The Balaban J connectivity index is 1.79. The van der Waals surface area contributed by atoms with Crippen LogP contribution in [-0.2, 0) is 4.79 Å². The molecule has 0 bridgehead atoms. The molecule has 7 heteroatoms. The Morgan fingerprint density at radius 3 is 2.32 bits per heavy atom. The Bertz CT molecular complexity index is 1100. The molecule has 0 aliphatic heterocycles. The minimum absolute atomic E-state index is 0.0574. The number of hydrogen-bond donors (Lipinski definition) is 1. The van der Waals surface area contributed by atoms with Crippen molar-refractivity contribution in [2.45, 2.75) is 44.2 Å². The number of carbonyl (C=O) groups excluding carboxylic acids is 2. The first-order valence-electron chi connectivity index (χ1n) is 11.5. The summed E-state index contributed by atoms with van der Waals surface area (Å²) < 4.78 is 19.0. The lowest BCUT2D eigenvalue weighted by Crippen LogP contribution is -2.47. The average Bonchev–Trinajstić information content (AvgIpc) is 2.89. The predicted molar refractivity (Wildman–Crippen MR) is 128 cm³/mol. The average molecular weight is 462 g/mol. The molecule has 0 radical (unpaired) electrons. The van der Waals surface area contributed by atoms with Crippen LogP contribution in [-0.4, -0.2) is 29.9 Å². The van der Waals surface area contributed by atoms with Crippen LogP contribution in [0.4, 0.5) is 10.1 Å². The van der Waals surface area contributed by atoms with Crippen LogP contribution in [0.15, 0.2) is 72.9 Å². The lowest BCUT2D eigenvalue weighted by atomic mass is 9.94. The van der Waals surface area contributed by atoms with Crippen molar-refractivity contribution in [1.82, 2.24) is 10.3 Å². The number of nitrogens with one attached hydrogen (secondary N) is 1. The highest BCUT2D eigenvalue weighted by Gasteiger charge is 2.35. The molecule has 4 rings (SSSR count). The van der Waals surface area contributed by atoms with Crippen LogP contribution in [0.3, 0.4) is 0 Å². The summed E-state index contributed by atoms with van der Waals surface area (Å²) in [5.41, 5.74) is 1.20. The second kappa shape index (κ2) is 10.9. The van der Waals surface area contributed by atoms with E-state index in [1.807, 2.05) is 0 Å². The Hall–Kier alpha value is -3.74. The van der Waals surface area contributed by atoms with E-state index in [1.54, 1.807) is 49.6 Å². The molecule has 1 fully saturated rings. The first kappa shape index (κ1) is 23.4. The second-order valence-electron chi connectivity index (χ2n) is 8.39. The van der Waals surface area contributed by atoms with Crippen LogP contribution in [0.5, 0.6) is 5.75 Å². The third-order valence-corrected chi connectivity index (χ3v) is 6.10. The van der Waals surface area contributed by atoms with Gasteiger partial charge in [0.05, 0.1) is 7.11 Å². The topological polar surface area (TPSA) is 71.5 Å². The van der Waals surface area contributed by atoms with Crippen LogP contribution in [0, 0.1) is 5.82 Å². The fourth-order valence-corrected chi connectivity index (χ4v) is 4.33. The quantitative estimate of drug-likeness (QED) is 0.534. The largest absolute Gasteiger partial charge is 0.497 e. The highest BCUT2D eigenvalue weighted by molar-refractivity contribution is 6.09. The summed E-state index contributed by atoms with van der Waals surface area (Å²) in [5.74, 6) is -0.529. The summed E-state index contributed by atoms with van der Waals surface area (Å²) in [7, 11) is 1.57. The molecule has 1 N–H and O–H groups in total. The van der Waals surface area contributed by atoms with E-state index in [0.717, 1.165) is 32.1 Å². The Labute approximate surface area is 198 Å². The number of anilines is 1. The van der Waals surface area contributed by atoms with E-state index in [4.69, 9.17) is 4.74 Å². The molecule has 2 amide bonds. The highest BCUT2D eigenvalue weighted by atomic mass is 19.1. The molecule has 1 heterocycles. The van der Waals surface area contributed by atoms with Gasteiger partial charge in [-0.05, 0) is 66.9 Å². The molecule has 1 saturated carbocycles. The maximum absolute atomic E-state index is 13.8. The van der Waals surface area contributed by atoms with Crippen molar-refractivity contribution >= 4 is 17.5 Å². The minimum Gasteiger partial charge on any atom is -0.497 e. The summed E-state index contributed by atoms with van der Waals surface area (Å²) in [6, 6.07) is 16.7. The van der Waals surface area contributed by atoms with Crippen LogP contribution in [0.25, 0.3) is 0 Å². The van der Waals surface area contributed by atoms with Crippen LogP contribution < -0.4 is 15.0 Å². The monoisotopic (exact) mass is 461 g/mol. The van der Waals surface area contributed by atoms with Gasteiger partial charge in [0.25, 0.3) is 5.91 Å². The van der Waals surface area contributed by atoms with Gasteiger partial charge in [-0.2, -0.15) is 0 Å². The van der Waals surface area contributed by atoms with Crippen LogP contribution >= 0.6 is 0 Å². The van der Waals surface area contributed by atoms with Crippen molar-refractivity contribution in [1.29, 1.82) is 0 Å². The lowest BCUT2D eigenvalue weighted by molar-refractivity contribution is -0.123. The molecule has 6 nitrogen and oxygen atoms in total. The van der Waals surface area contributed by atoms with Gasteiger partial charge in [-0.25, -0.2) is 4.39 Å². The number of rotatable bonds is 7. The first-order chi connectivity index (χ1) is 16.6. The van der Waals surface area contributed by atoms with Crippen LogP contribution in [0.2, 0.25) is 0 Å². The highest BCUT2D eigenvalue weighted by Crippen LogP contribution is 2.31. The number of ether oxygens (including phenoxy) is 1. The van der Waals surface area contributed by atoms with E-state index in [-0.39, 0.29) is 17.6 Å². The number of amides is 2. The molecule has 1 aliphatic carbocycles. The van der Waals surface area contributed by atoms with E-state index in [1.165, 1.54) is 35.4 Å². The standard InChI is InChI=1S/C27H28FN3O3/c1-34-23-16-10-19(11-17-23)25(26(32)30-21-7-3-2-4-8-21)31(22-14-12-20(28)13-15-22)27(33)24-9-5-6-18-29-24/h5-6,9-18,21,25H,2-4,7-8H2,1H3,(H,30,32)/t25-/m1/s1. The SMILES string of the molecule is COc1ccc([C@H](C(=O)NC2CCCCC2)N(C(=O)c2ccccn2)c2ccc(F)cc2)cc1. The molecule has 3 aromatic rings. The van der Waals surface area contributed by atoms with E-state index in [2.05, 4.69) is 10.3 Å². The van der Waals surface area contributed by atoms with Gasteiger partial charge >= 0.3 is 0 Å². The number of hydrogen-bond acceptors (Lipinski definition) is 4. The number of benzene rings is 2. The van der Waals surface area contributed by atoms with Crippen molar-refractivity contribution in [3.05, 3.63) is 90.0 Å². The van der Waals surface area contributed by atoms with Crippen molar-refractivity contribution in [2.24, 2.45) is 0 Å². The van der Waals surface area contributed by atoms with Crippen molar-refractivity contribution in [2.75, 3.05) is 12.0 Å². The second-order valence-corrected chi connectivity index (χ2v) is 8.39. The van der Waals surface area contributed by atoms with Gasteiger partial charge in [0.1, 0.15) is 23.3 Å². The van der Waals surface area contributed by atoms with E-state index in [9.17, 15) is 14.0 Å². The molecule has 1 aromatic heterocycles. The number of methoxy groups -OCH3 is 1. The molecule has 0 unspecified atom stereocenters. The summed E-state index contributed by atoms with van der Waals surface area (Å²) in [5, 5.41) is 3.16. The lowest BCUT2D eigenvalue weighted by Gasteiger charge is -2.33. The molecule has 1 atom stereocenters. The predicted octanol–water partition coefficient (Wildman–Crippen LogP) is 5.07. The van der Waals surface area contributed by atoms with Crippen molar-refractivity contribution in [3.8, 4) is 5.75 Å². The number of nitrogens with zero attached hydrogens (tertiary/aromatic N) is 2. The van der Waals surface area contributed by atoms with Gasteiger partial charge < -0.3 is 10.1 Å². The summed E-state index contributed by atoms with van der Waals surface area (Å²) in [4.78, 5) is 33.1. The zero-order valence-corrected chi connectivity index (χ0v) is 19.1. The van der Waals surface area contributed by atoms with Gasteiger partial charge in [-0.1, -0.05) is 37.5 Å². The normalized spacial score (nSPS) is 14.8. The molecule has 176 valence electrons. The molecule has 1 aliphatic rings. The van der Waals surface area contributed by atoms with E-state index >= 15 is 0 Å². The fourth-order valence-electron chi connectivity index (χ4n) is 4.33. The first-order valence-corrected chi connectivity index (χ1v) is 11.5. The molecular formula is C27H28FN3O3. The smallest absolute Gasteiger partial charge is 0.277 e. The Morgan fingerprint density at radius 1 is 1.00 bits per heavy atom. The maximum Gasteiger partial charge on any atom is 0.277 e. The maximum atomic E-state index is 13.8. The Morgan fingerprint density at radius 2 is 1.71 bits per heavy atom. The van der Waals surface area contributed by atoms with Crippen molar-refractivity contribution in [3.63, 3.8) is 0 Å². The van der Waals surface area contributed by atoms with E-state index < -0.39 is 17.8 Å². The van der Waals surface area contributed by atoms with Gasteiger partial charge in [-0.15, -0.1) is 0 Å². The summed E-state index contributed by atoms with van der Waals surface area (Å²) in [6.45, 7) is 0. The summed E-state index contributed by atoms with van der Waals surface area (Å²) in [6.07, 6.45) is 6.63. The molecule has 0 spiro atoms. The molecule has 0 saturated heterocycles. The van der Waals surface area contributed by atoms with Gasteiger partial charge in [0.2, 0.25) is 5.91 Å². The molecule has 2 aromatic carbocycles. The van der Waals surface area contributed by atoms with Gasteiger partial charge in [-0.3, -0.25) is 19.5 Å². The third-order valence-electron chi connectivity index (χ3n) is 6.10. The number of pyridine rings is 1. The van der Waals surface area contributed by atoms with Crippen molar-refractivity contribution < 1.29 is 18.7 Å². The van der Waals surface area contributed by atoms with Crippen LogP contribution in [0.1, 0.15) is 54.2 Å². The van der Waals surface area contributed by atoms with E-state index in [0.29, 0.717) is 17.0 Å². The third kappa shape index (κ3) is 5.42. The number of halogens is 1. The molecular weight excluding hydrogens is 433 g/mol. The fraction of sp³-hybridized carbons (Fsp3) is 0.296. The van der Waals surface area contributed by atoms with Gasteiger partial charge in [0.15, 0.2) is 0 Å². The zero-order chi connectivity index (χ0) is 23.9. The zero-order valence-electron chi connectivity index (χ0n) is 19.1. The molecule has 34 heavy (non-hydrogen) atoms.